The van der Waals surface area contributed by atoms with Crippen LogP contribution in [0.1, 0.15) is 19.4 Å². The zero-order chi connectivity index (χ0) is 18.9. The molecule has 25 heavy (non-hydrogen) atoms. The molecule has 0 spiro atoms. The first kappa shape index (κ1) is 19.1. The molecule has 10 heteroatoms. The van der Waals surface area contributed by atoms with Gasteiger partial charge in [-0.05, 0) is 5.92 Å². The van der Waals surface area contributed by atoms with E-state index in [-0.39, 0.29) is 19.0 Å². The van der Waals surface area contributed by atoms with Crippen LogP contribution >= 0.6 is 0 Å². The minimum atomic E-state index is -4.07. The van der Waals surface area contributed by atoms with E-state index in [0.29, 0.717) is 5.56 Å². The Morgan fingerprint density at radius 2 is 1.80 bits per heavy atom. The Balaban J connectivity index is 2.55. The summed E-state index contributed by atoms with van der Waals surface area (Å²) in [4.78, 5) is 23.8. The van der Waals surface area contributed by atoms with Gasteiger partial charge in [0.15, 0.2) is 4.90 Å². The summed E-state index contributed by atoms with van der Waals surface area (Å²) in [5.74, 6) is 0.0582. The van der Waals surface area contributed by atoms with Crippen LogP contribution in [0.2, 0.25) is 0 Å². The summed E-state index contributed by atoms with van der Waals surface area (Å²) in [5.41, 5.74) is -0.692. The van der Waals surface area contributed by atoms with Crippen LogP contribution in [-0.2, 0) is 37.7 Å². The molecular weight excluding hydrogens is 346 g/mol. The van der Waals surface area contributed by atoms with E-state index in [1.165, 1.54) is 18.4 Å². The molecule has 0 saturated carbocycles. The number of rotatable bonds is 6. The molecule has 0 amide bonds. The Morgan fingerprint density at radius 3 is 2.32 bits per heavy atom. The van der Waals surface area contributed by atoms with Crippen molar-refractivity contribution in [2.75, 3.05) is 6.54 Å². The van der Waals surface area contributed by atoms with Crippen molar-refractivity contribution in [3.63, 3.8) is 0 Å². The van der Waals surface area contributed by atoms with Crippen LogP contribution in [0.4, 0.5) is 0 Å². The van der Waals surface area contributed by atoms with E-state index >= 15 is 0 Å². The van der Waals surface area contributed by atoms with E-state index < -0.39 is 26.2 Å². The van der Waals surface area contributed by atoms with E-state index in [1.807, 2.05) is 13.8 Å². The highest BCUT2D eigenvalue weighted by molar-refractivity contribution is 7.89. The van der Waals surface area contributed by atoms with E-state index in [1.54, 1.807) is 24.1 Å². The molecular formula is C15H23N5O4S. The zero-order valence-electron chi connectivity index (χ0n) is 15.0. The average molecular weight is 369 g/mol. The molecule has 0 fully saturated rings. The number of hydrogen-bond donors (Lipinski definition) is 0. The Bertz CT molecular complexity index is 984. The van der Waals surface area contributed by atoms with Crippen LogP contribution in [0.3, 0.4) is 0 Å². The van der Waals surface area contributed by atoms with Crippen molar-refractivity contribution in [1.82, 2.24) is 23.2 Å². The monoisotopic (exact) mass is 369 g/mol. The van der Waals surface area contributed by atoms with Crippen molar-refractivity contribution in [1.29, 1.82) is 0 Å². The molecule has 9 nitrogen and oxygen atoms in total. The van der Waals surface area contributed by atoms with Crippen LogP contribution in [0.25, 0.3) is 0 Å². The molecule has 0 bridgehead atoms. The van der Waals surface area contributed by atoms with E-state index in [9.17, 15) is 18.0 Å². The third-order valence-corrected chi connectivity index (χ3v) is 5.51. The average Bonchev–Trinajstić information content (AvgIpc) is 2.92. The van der Waals surface area contributed by atoms with Crippen LogP contribution in [-0.4, -0.2) is 38.2 Å². The van der Waals surface area contributed by atoms with Gasteiger partial charge in [-0.25, -0.2) is 13.2 Å². The number of sulfonamides is 1. The molecule has 0 aliphatic rings. The summed E-state index contributed by atoms with van der Waals surface area (Å²) in [5, 5.41) is 4.04. The molecule has 2 aromatic heterocycles. The molecule has 138 valence electrons. The normalized spacial score (nSPS) is 12.3. The molecule has 0 saturated heterocycles. The van der Waals surface area contributed by atoms with Crippen molar-refractivity contribution >= 4 is 10.0 Å². The topological polar surface area (TPSA) is 99.2 Å². The molecule has 0 N–H and O–H groups in total. The SMILES string of the molecule is CC(C)CN(Cc1cnn(C)c1)S(=O)(=O)c1cn(C)c(=O)n(C)c1=O. The van der Waals surface area contributed by atoms with Crippen LogP contribution in [0.15, 0.2) is 33.1 Å². The summed E-state index contributed by atoms with van der Waals surface area (Å²) < 4.78 is 30.9. The summed E-state index contributed by atoms with van der Waals surface area (Å²) >= 11 is 0. The maximum absolute atomic E-state index is 13.1. The van der Waals surface area contributed by atoms with Crippen LogP contribution in [0, 0.1) is 5.92 Å². The lowest BCUT2D eigenvalue weighted by Gasteiger charge is -2.23. The molecule has 2 rings (SSSR count). The third kappa shape index (κ3) is 3.90. The van der Waals surface area contributed by atoms with Crippen LogP contribution < -0.4 is 11.2 Å². The molecule has 2 aromatic rings. The highest BCUT2D eigenvalue weighted by atomic mass is 32.2. The highest BCUT2D eigenvalue weighted by Gasteiger charge is 2.30. The highest BCUT2D eigenvalue weighted by Crippen LogP contribution is 2.17. The molecule has 0 radical (unpaired) electrons. The first-order valence-electron chi connectivity index (χ1n) is 7.78. The maximum Gasteiger partial charge on any atom is 0.330 e. The van der Waals surface area contributed by atoms with Gasteiger partial charge in [-0.1, -0.05) is 13.8 Å². The predicted octanol–water partition coefficient (Wildman–Crippen LogP) is -0.336. The molecule has 0 atom stereocenters. The first-order chi connectivity index (χ1) is 11.5. The van der Waals surface area contributed by atoms with Gasteiger partial charge in [0.2, 0.25) is 10.0 Å². The number of aromatic nitrogens is 4. The van der Waals surface area contributed by atoms with Crippen molar-refractivity contribution < 1.29 is 8.42 Å². The first-order valence-corrected chi connectivity index (χ1v) is 9.22. The second-order valence-corrected chi connectivity index (χ2v) is 8.37. The lowest BCUT2D eigenvalue weighted by atomic mass is 10.2. The van der Waals surface area contributed by atoms with Gasteiger partial charge >= 0.3 is 5.69 Å². The lowest BCUT2D eigenvalue weighted by Crippen LogP contribution is -2.43. The Labute approximate surface area is 146 Å². The van der Waals surface area contributed by atoms with Crippen molar-refractivity contribution in [3.8, 4) is 0 Å². The smallest absolute Gasteiger partial charge is 0.302 e. The Morgan fingerprint density at radius 1 is 1.16 bits per heavy atom. The maximum atomic E-state index is 13.1. The van der Waals surface area contributed by atoms with Gasteiger partial charge in [0, 0.05) is 52.2 Å². The van der Waals surface area contributed by atoms with Gasteiger partial charge in [-0.2, -0.15) is 9.40 Å². The van der Waals surface area contributed by atoms with Gasteiger partial charge < -0.3 is 4.57 Å². The Hall–Kier alpha value is -2.20. The fourth-order valence-electron chi connectivity index (χ4n) is 2.50. The van der Waals surface area contributed by atoms with Crippen LogP contribution in [0.5, 0.6) is 0 Å². The second-order valence-electron chi connectivity index (χ2n) is 6.46. The van der Waals surface area contributed by atoms with Gasteiger partial charge in [0.05, 0.1) is 6.20 Å². The van der Waals surface area contributed by atoms with Crippen molar-refractivity contribution in [3.05, 3.63) is 45.0 Å². The molecule has 2 heterocycles. The van der Waals surface area contributed by atoms with E-state index in [2.05, 4.69) is 5.10 Å². The minimum absolute atomic E-state index is 0.0582. The molecule has 0 unspecified atom stereocenters. The predicted molar refractivity (Wildman–Crippen MR) is 92.6 cm³/mol. The second kappa shape index (κ2) is 6.96. The number of hydrogen-bond acceptors (Lipinski definition) is 5. The molecule has 0 aliphatic carbocycles. The number of nitrogens with zero attached hydrogens (tertiary/aromatic N) is 5. The summed E-state index contributed by atoms with van der Waals surface area (Å²) in [6.07, 6.45) is 4.39. The summed E-state index contributed by atoms with van der Waals surface area (Å²) in [6.45, 7) is 4.12. The number of aryl methyl sites for hydroxylation is 2. The zero-order valence-corrected chi connectivity index (χ0v) is 15.8. The lowest BCUT2D eigenvalue weighted by molar-refractivity contribution is 0.360. The van der Waals surface area contributed by atoms with Gasteiger partial charge in [-0.15, -0.1) is 0 Å². The third-order valence-electron chi connectivity index (χ3n) is 3.72. The Kier molecular flexibility index (Phi) is 5.33. The summed E-state index contributed by atoms with van der Waals surface area (Å²) in [6, 6.07) is 0. The fraction of sp³-hybridized carbons (Fsp3) is 0.533. The van der Waals surface area contributed by atoms with Crippen molar-refractivity contribution in [2.24, 2.45) is 27.1 Å². The minimum Gasteiger partial charge on any atom is -0.302 e. The fourth-order valence-corrected chi connectivity index (χ4v) is 4.24. The van der Waals surface area contributed by atoms with Gasteiger partial charge in [0.1, 0.15) is 0 Å². The van der Waals surface area contributed by atoms with E-state index in [4.69, 9.17) is 0 Å². The summed E-state index contributed by atoms with van der Waals surface area (Å²) in [7, 11) is 0.342. The largest absolute Gasteiger partial charge is 0.330 e. The molecule has 0 aliphatic heterocycles. The van der Waals surface area contributed by atoms with Crippen molar-refractivity contribution in [2.45, 2.75) is 25.3 Å². The van der Waals surface area contributed by atoms with Gasteiger partial charge in [0.25, 0.3) is 5.56 Å². The van der Waals surface area contributed by atoms with Gasteiger partial charge in [-0.3, -0.25) is 14.0 Å². The standard InChI is InChI=1S/C15H23N5O4S/c1-11(2)7-20(9-12-6-16-18(4)8-12)25(23,24)13-10-17(3)15(22)19(5)14(13)21/h6,8,10-11H,7,9H2,1-5H3. The molecule has 0 aromatic carbocycles. The quantitative estimate of drug-likeness (QED) is 0.694. The van der Waals surface area contributed by atoms with E-state index in [0.717, 1.165) is 15.3 Å².